The summed E-state index contributed by atoms with van der Waals surface area (Å²) in [7, 11) is 0. The Morgan fingerprint density at radius 1 is 1.25 bits per heavy atom. The Balaban J connectivity index is 1.37. The number of nitrogens with one attached hydrogen (secondary N) is 1. The number of thiophene rings is 1. The van der Waals surface area contributed by atoms with Gasteiger partial charge in [-0.2, -0.15) is 0 Å². The van der Waals surface area contributed by atoms with Crippen LogP contribution < -0.4 is 10.1 Å². The van der Waals surface area contributed by atoms with Crippen LogP contribution in [0.5, 0.6) is 5.75 Å². The zero-order chi connectivity index (χ0) is 16.6. The van der Waals surface area contributed by atoms with Gasteiger partial charge >= 0.3 is 0 Å². The summed E-state index contributed by atoms with van der Waals surface area (Å²) in [5, 5.41) is 5.14. The molecule has 0 spiro atoms. The highest BCUT2D eigenvalue weighted by Crippen LogP contribution is 2.20. The number of ether oxygens (including phenoxy) is 1. The average Bonchev–Trinajstić information content (AvgIpc) is 3.12. The van der Waals surface area contributed by atoms with Crippen molar-refractivity contribution in [3.05, 3.63) is 52.7 Å². The molecule has 0 aliphatic carbocycles. The molecule has 1 amide bonds. The summed E-state index contributed by atoms with van der Waals surface area (Å²) < 4.78 is 5.48. The van der Waals surface area contributed by atoms with Crippen LogP contribution in [0.3, 0.4) is 0 Å². The molecule has 1 N–H and O–H groups in total. The number of benzene rings is 1. The van der Waals surface area contributed by atoms with Crippen LogP contribution in [0.2, 0.25) is 0 Å². The molecular weight excluding hydrogens is 320 g/mol. The highest BCUT2D eigenvalue weighted by atomic mass is 32.1. The zero-order valence-corrected chi connectivity index (χ0v) is 14.6. The first-order chi connectivity index (χ1) is 11.8. The van der Waals surface area contributed by atoms with E-state index >= 15 is 0 Å². The predicted molar refractivity (Wildman–Crippen MR) is 97.3 cm³/mol. The lowest BCUT2D eigenvalue weighted by Gasteiger charge is -2.32. The van der Waals surface area contributed by atoms with E-state index in [1.807, 2.05) is 41.7 Å². The summed E-state index contributed by atoms with van der Waals surface area (Å²) in [5.41, 5.74) is 0. The van der Waals surface area contributed by atoms with E-state index in [-0.39, 0.29) is 12.5 Å². The Kier molecular flexibility index (Phi) is 6.26. The van der Waals surface area contributed by atoms with Crippen LogP contribution >= 0.6 is 11.3 Å². The Bertz CT molecular complexity index is 616. The quantitative estimate of drug-likeness (QED) is 0.839. The van der Waals surface area contributed by atoms with E-state index in [1.54, 1.807) is 0 Å². The van der Waals surface area contributed by atoms with E-state index in [9.17, 15) is 4.79 Å². The van der Waals surface area contributed by atoms with Gasteiger partial charge in [0, 0.05) is 24.5 Å². The molecule has 1 fully saturated rings. The first-order valence-corrected chi connectivity index (χ1v) is 9.37. The monoisotopic (exact) mass is 344 g/mol. The smallest absolute Gasteiger partial charge is 0.257 e. The summed E-state index contributed by atoms with van der Waals surface area (Å²) in [6, 6.07) is 13.7. The maximum atomic E-state index is 11.9. The van der Waals surface area contributed by atoms with Gasteiger partial charge in [-0.25, -0.2) is 0 Å². The van der Waals surface area contributed by atoms with Crippen LogP contribution in [0, 0.1) is 5.92 Å². The van der Waals surface area contributed by atoms with Gasteiger partial charge in [0.2, 0.25) is 0 Å². The molecule has 2 aromatic rings. The minimum absolute atomic E-state index is 0.0470. The van der Waals surface area contributed by atoms with Gasteiger partial charge in [0.05, 0.1) is 0 Å². The molecule has 1 aliphatic rings. The maximum absolute atomic E-state index is 11.9. The second-order valence-corrected chi connectivity index (χ2v) is 7.26. The molecule has 1 aromatic heterocycles. The van der Waals surface area contributed by atoms with E-state index in [1.165, 1.54) is 17.7 Å². The lowest BCUT2D eigenvalue weighted by molar-refractivity contribution is -0.123. The van der Waals surface area contributed by atoms with Gasteiger partial charge < -0.3 is 10.1 Å². The molecule has 4 nitrogen and oxygen atoms in total. The number of rotatable bonds is 7. The molecule has 1 atom stereocenters. The SMILES string of the molecule is O=C(COc1ccccc1)NC[C@H]1CCCN(Cc2cccs2)C1. The van der Waals surface area contributed by atoms with Crippen LogP contribution in [-0.2, 0) is 11.3 Å². The zero-order valence-electron chi connectivity index (χ0n) is 13.8. The number of carbonyl (C=O) groups is 1. The maximum Gasteiger partial charge on any atom is 0.257 e. The molecule has 0 radical (unpaired) electrons. The lowest BCUT2D eigenvalue weighted by atomic mass is 9.98. The molecule has 1 aromatic carbocycles. The summed E-state index contributed by atoms with van der Waals surface area (Å²) in [6.45, 7) is 4.05. The molecule has 128 valence electrons. The minimum Gasteiger partial charge on any atom is -0.484 e. The molecule has 5 heteroatoms. The van der Waals surface area contributed by atoms with Gasteiger partial charge in [-0.05, 0) is 48.9 Å². The normalized spacial score (nSPS) is 18.2. The van der Waals surface area contributed by atoms with Crippen LogP contribution in [0.4, 0.5) is 0 Å². The van der Waals surface area contributed by atoms with Crippen molar-refractivity contribution >= 4 is 17.2 Å². The topological polar surface area (TPSA) is 41.6 Å². The number of amides is 1. The average molecular weight is 344 g/mol. The van der Waals surface area contributed by atoms with Gasteiger partial charge in [0.25, 0.3) is 5.91 Å². The van der Waals surface area contributed by atoms with Gasteiger partial charge in [0.1, 0.15) is 5.75 Å². The summed E-state index contributed by atoms with van der Waals surface area (Å²) in [5.74, 6) is 1.21. The first-order valence-electron chi connectivity index (χ1n) is 8.49. The fraction of sp³-hybridized carbons (Fsp3) is 0.421. The third kappa shape index (κ3) is 5.35. The van der Waals surface area contributed by atoms with Gasteiger partial charge in [0.15, 0.2) is 6.61 Å². The van der Waals surface area contributed by atoms with Crippen molar-refractivity contribution in [3.63, 3.8) is 0 Å². The van der Waals surface area contributed by atoms with Crippen molar-refractivity contribution in [2.75, 3.05) is 26.2 Å². The molecule has 1 saturated heterocycles. The Morgan fingerprint density at radius 2 is 2.12 bits per heavy atom. The fourth-order valence-corrected chi connectivity index (χ4v) is 3.81. The van der Waals surface area contributed by atoms with Crippen LogP contribution in [0.15, 0.2) is 47.8 Å². The molecule has 3 rings (SSSR count). The molecule has 2 heterocycles. The van der Waals surface area contributed by atoms with Crippen LogP contribution in [0.1, 0.15) is 17.7 Å². The van der Waals surface area contributed by atoms with Crippen molar-refractivity contribution in [1.29, 1.82) is 0 Å². The van der Waals surface area contributed by atoms with Crippen molar-refractivity contribution in [3.8, 4) is 5.75 Å². The van der Waals surface area contributed by atoms with Crippen LogP contribution in [-0.4, -0.2) is 37.0 Å². The van der Waals surface area contributed by atoms with Gasteiger partial charge in [-0.15, -0.1) is 11.3 Å². The van der Waals surface area contributed by atoms with E-state index in [4.69, 9.17) is 4.74 Å². The third-order valence-electron chi connectivity index (χ3n) is 4.26. The number of nitrogens with zero attached hydrogens (tertiary/aromatic N) is 1. The Hall–Kier alpha value is -1.85. The number of likely N-dealkylation sites (tertiary alicyclic amines) is 1. The first kappa shape index (κ1) is 17.0. The number of para-hydroxylation sites is 1. The number of hydrogen-bond acceptors (Lipinski definition) is 4. The molecular formula is C19H24N2O2S. The van der Waals surface area contributed by atoms with Crippen LogP contribution in [0.25, 0.3) is 0 Å². The largest absolute Gasteiger partial charge is 0.484 e. The fourth-order valence-electron chi connectivity index (χ4n) is 3.06. The molecule has 24 heavy (non-hydrogen) atoms. The number of hydrogen-bond donors (Lipinski definition) is 1. The Labute approximate surface area is 147 Å². The van der Waals surface area contributed by atoms with E-state index in [2.05, 4.69) is 27.7 Å². The third-order valence-corrected chi connectivity index (χ3v) is 5.12. The number of piperidine rings is 1. The van der Waals surface area contributed by atoms with Crippen molar-refractivity contribution in [2.24, 2.45) is 5.92 Å². The van der Waals surface area contributed by atoms with Gasteiger partial charge in [-0.3, -0.25) is 9.69 Å². The summed E-state index contributed by atoms with van der Waals surface area (Å²) >= 11 is 1.81. The Morgan fingerprint density at radius 3 is 2.92 bits per heavy atom. The highest BCUT2D eigenvalue weighted by Gasteiger charge is 2.20. The van der Waals surface area contributed by atoms with Crippen molar-refractivity contribution in [1.82, 2.24) is 10.2 Å². The van der Waals surface area contributed by atoms with Crippen molar-refractivity contribution < 1.29 is 9.53 Å². The highest BCUT2D eigenvalue weighted by molar-refractivity contribution is 7.09. The van der Waals surface area contributed by atoms with E-state index < -0.39 is 0 Å². The second-order valence-electron chi connectivity index (χ2n) is 6.23. The molecule has 0 saturated carbocycles. The number of carbonyl (C=O) groups excluding carboxylic acids is 1. The lowest BCUT2D eigenvalue weighted by Crippen LogP contribution is -2.41. The summed E-state index contributed by atoms with van der Waals surface area (Å²) in [4.78, 5) is 15.9. The predicted octanol–water partition coefficient (Wildman–Crippen LogP) is 3.16. The minimum atomic E-state index is -0.0470. The molecule has 0 bridgehead atoms. The van der Waals surface area contributed by atoms with Gasteiger partial charge in [-0.1, -0.05) is 24.3 Å². The van der Waals surface area contributed by atoms with E-state index in [0.29, 0.717) is 5.92 Å². The molecule has 1 aliphatic heterocycles. The second kappa shape index (κ2) is 8.85. The summed E-state index contributed by atoms with van der Waals surface area (Å²) in [6.07, 6.45) is 2.38. The van der Waals surface area contributed by atoms with Crippen molar-refractivity contribution in [2.45, 2.75) is 19.4 Å². The van der Waals surface area contributed by atoms with E-state index in [0.717, 1.165) is 31.9 Å². The standard InChI is InChI=1S/C19H24N2O2S/c22-19(15-23-17-7-2-1-3-8-17)20-12-16-6-4-10-21(13-16)14-18-9-5-11-24-18/h1-3,5,7-9,11,16H,4,6,10,12-15H2,(H,20,22)/t16-/m1/s1. The molecule has 0 unspecified atom stereocenters.